The maximum atomic E-state index is 13.0. The van der Waals surface area contributed by atoms with E-state index in [0.29, 0.717) is 18.0 Å². The molecule has 0 saturated carbocycles. The molecular weight excluding hydrogens is 418 g/mol. The van der Waals surface area contributed by atoms with E-state index < -0.39 is 5.92 Å². The van der Waals surface area contributed by atoms with Crippen molar-refractivity contribution in [1.29, 1.82) is 0 Å². The van der Waals surface area contributed by atoms with Crippen molar-refractivity contribution in [2.45, 2.75) is 13.3 Å². The van der Waals surface area contributed by atoms with Gasteiger partial charge in [0.25, 0.3) is 0 Å². The summed E-state index contributed by atoms with van der Waals surface area (Å²) < 4.78 is 7.10. The molecule has 4 aromatic rings. The monoisotopic (exact) mass is 441 g/mol. The Bertz CT molecular complexity index is 1350. The Labute approximate surface area is 190 Å². The first-order valence-corrected chi connectivity index (χ1v) is 10.7. The Morgan fingerprint density at radius 2 is 1.97 bits per heavy atom. The van der Waals surface area contributed by atoms with E-state index in [1.807, 2.05) is 60.0 Å². The highest BCUT2D eigenvalue weighted by Crippen LogP contribution is 2.29. The van der Waals surface area contributed by atoms with Gasteiger partial charge < -0.3 is 15.0 Å². The molecule has 1 aliphatic rings. The van der Waals surface area contributed by atoms with Crippen molar-refractivity contribution in [3.05, 3.63) is 72.7 Å². The van der Waals surface area contributed by atoms with Crippen LogP contribution >= 0.6 is 0 Å². The molecule has 0 bridgehead atoms. The number of anilines is 2. The molecular formula is C25H23N5O3. The van der Waals surface area contributed by atoms with E-state index in [0.717, 1.165) is 28.4 Å². The van der Waals surface area contributed by atoms with Gasteiger partial charge in [-0.05, 0) is 49.4 Å². The van der Waals surface area contributed by atoms with Gasteiger partial charge in [0.2, 0.25) is 17.6 Å². The van der Waals surface area contributed by atoms with Gasteiger partial charge in [-0.3, -0.25) is 14.0 Å². The molecule has 1 N–H and O–H groups in total. The fourth-order valence-electron chi connectivity index (χ4n) is 4.16. The Balaban J connectivity index is 1.32. The molecule has 33 heavy (non-hydrogen) atoms. The van der Waals surface area contributed by atoms with E-state index in [2.05, 4.69) is 15.3 Å². The average Bonchev–Trinajstić information content (AvgIpc) is 3.40. The van der Waals surface area contributed by atoms with E-state index >= 15 is 0 Å². The fourth-order valence-corrected chi connectivity index (χ4v) is 4.16. The van der Waals surface area contributed by atoms with Crippen LogP contribution in [0.2, 0.25) is 0 Å². The van der Waals surface area contributed by atoms with Gasteiger partial charge in [0.15, 0.2) is 0 Å². The summed E-state index contributed by atoms with van der Waals surface area (Å²) >= 11 is 0. The number of methoxy groups -OCH3 is 1. The van der Waals surface area contributed by atoms with Crippen LogP contribution in [0.25, 0.3) is 17.0 Å². The number of benzene rings is 2. The first-order valence-electron chi connectivity index (χ1n) is 10.7. The third kappa shape index (κ3) is 3.91. The van der Waals surface area contributed by atoms with Gasteiger partial charge in [-0.25, -0.2) is 9.97 Å². The van der Waals surface area contributed by atoms with Crippen molar-refractivity contribution in [2.75, 3.05) is 23.9 Å². The number of aryl methyl sites for hydroxylation is 1. The quantitative estimate of drug-likeness (QED) is 0.510. The van der Waals surface area contributed by atoms with Gasteiger partial charge in [0.1, 0.15) is 5.75 Å². The molecule has 1 aliphatic heterocycles. The number of nitrogens with zero attached hydrogens (tertiary/aromatic N) is 4. The Morgan fingerprint density at radius 1 is 1.15 bits per heavy atom. The molecule has 1 atom stereocenters. The van der Waals surface area contributed by atoms with Crippen LogP contribution < -0.4 is 15.0 Å². The van der Waals surface area contributed by atoms with Gasteiger partial charge >= 0.3 is 0 Å². The topological polar surface area (TPSA) is 88.8 Å². The molecule has 1 fully saturated rings. The summed E-state index contributed by atoms with van der Waals surface area (Å²) in [5.41, 5.74) is 4.09. The number of rotatable bonds is 5. The minimum Gasteiger partial charge on any atom is -0.497 e. The molecule has 8 nitrogen and oxygen atoms in total. The van der Waals surface area contributed by atoms with E-state index in [-0.39, 0.29) is 18.2 Å². The van der Waals surface area contributed by atoms with Crippen molar-refractivity contribution in [3.8, 4) is 17.0 Å². The van der Waals surface area contributed by atoms with Crippen LogP contribution in [0.5, 0.6) is 5.75 Å². The third-order valence-corrected chi connectivity index (χ3v) is 5.93. The third-order valence-electron chi connectivity index (χ3n) is 5.93. The lowest BCUT2D eigenvalue weighted by atomic mass is 10.1. The summed E-state index contributed by atoms with van der Waals surface area (Å²) in [6.07, 6.45) is 3.81. The van der Waals surface area contributed by atoms with Crippen LogP contribution in [0, 0.1) is 12.8 Å². The van der Waals surface area contributed by atoms with E-state index in [1.54, 1.807) is 30.3 Å². The van der Waals surface area contributed by atoms with E-state index in [1.165, 1.54) is 0 Å². The lowest BCUT2D eigenvalue weighted by Crippen LogP contribution is -2.28. The van der Waals surface area contributed by atoms with Crippen molar-refractivity contribution in [1.82, 2.24) is 14.4 Å². The highest BCUT2D eigenvalue weighted by Gasteiger charge is 2.35. The number of aromatic nitrogens is 3. The van der Waals surface area contributed by atoms with Crippen molar-refractivity contribution in [2.24, 2.45) is 5.92 Å². The van der Waals surface area contributed by atoms with Crippen LogP contribution in [0.1, 0.15) is 12.1 Å². The minimum atomic E-state index is -0.426. The number of carbonyl (C=O) groups is 2. The highest BCUT2D eigenvalue weighted by atomic mass is 16.5. The van der Waals surface area contributed by atoms with Gasteiger partial charge in [-0.2, -0.15) is 0 Å². The Morgan fingerprint density at radius 3 is 2.73 bits per heavy atom. The summed E-state index contributed by atoms with van der Waals surface area (Å²) in [7, 11) is 1.60. The van der Waals surface area contributed by atoms with Gasteiger partial charge in [0.05, 0.1) is 18.7 Å². The first-order chi connectivity index (χ1) is 16.0. The second kappa shape index (κ2) is 8.38. The van der Waals surface area contributed by atoms with Crippen LogP contribution in [-0.4, -0.2) is 39.8 Å². The number of carbonyl (C=O) groups excluding carboxylic acids is 2. The molecule has 0 spiro atoms. The number of ether oxygens (including phenoxy) is 1. The molecule has 0 aliphatic carbocycles. The summed E-state index contributed by atoms with van der Waals surface area (Å²) in [6.45, 7) is 2.33. The van der Waals surface area contributed by atoms with Crippen LogP contribution in [0.15, 0.2) is 67.0 Å². The average molecular weight is 441 g/mol. The number of nitrogens with one attached hydrogen (secondary N) is 1. The predicted octanol–water partition coefficient (Wildman–Crippen LogP) is 3.70. The smallest absolute Gasteiger partial charge is 0.234 e. The largest absolute Gasteiger partial charge is 0.497 e. The van der Waals surface area contributed by atoms with Crippen LogP contribution in [-0.2, 0) is 9.59 Å². The van der Waals surface area contributed by atoms with Crippen molar-refractivity contribution < 1.29 is 14.3 Å². The molecule has 5 rings (SSSR count). The molecule has 8 heteroatoms. The van der Waals surface area contributed by atoms with Crippen molar-refractivity contribution in [3.63, 3.8) is 0 Å². The second-order valence-electron chi connectivity index (χ2n) is 8.01. The molecule has 166 valence electrons. The zero-order valence-corrected chi connectivity index (χ0v) is 18.4. The summed E-state index contributed by atoms with van der Waals surface area (Å²) in [5.74, 6) is 0.676. The zero-order chi connectivity index (χ0) is 22.9. The normalized spacial score (nSPS) is 15.8. The molecule has 2 amide bonds. The fraction of sp³-hybridized carbons (Fsp3) is 0.200. The lowest BCUT2D eigenvalue weighted by Gasteiger charge is -2.17. The molecule has 2 aromatic carbocycles. The number of fused-ring (bicyclic) bond motifs is 1. The molecule has 2 aromatic heterocycles. The van der Waals surface area contributed by atoms with Gasteiger partial charge in [-0.15, -0.1) is 0 Å². The number of imidazole rings is 1. The molecule has 0 unspecified atom stereocenters. The van der Waals surface area contributed by atoms with E-state index in [4.69, 9.17) is 4.74 Å². The predicted molar refractivity (Wildman–Crippen MR) is 125 cm³/mol. The number of hydrogen-bond acceptors (Lipinski definition) is 5. The second-order valence-corrected chi connectivity index (χ2v) is 8.01. The highest BCUT2D eigenvalue weighted by molar-refractivity contribution is 6.03. The summed E-state index contributed by atoms with van der Waals surface area (Å²) in [4.78, 5) is 36.1. The number of amides is 2. The van der Waals surface area contributed by atoms with Crippen molar-refractivity contribution >= 4 is 29.0 Å². The molecule has 0 radical (unpaired) electrons. The number of hydrogen-bond donors (Lipinski definition) is 1. The SMILES string of the molecule is COc1ccc(N2C[C@@H](C(=O)Nc3cccc(-c4nc5ncccn5c4C)c3)CC2=O)cc1. The van der Waals surface area contributed by atoms with E-state index in [9.17, 15) is 9.59 Å². The Kier molecular flexibility index (Phi) is 5.26. The zero-order valence-electron chi connectivity index (χ0n) is 18.4. The summed E-state index contributed by atoms with van der Waals surface area (Å²) in [6, 6.07) is 16.7. The summed E-state index contributed by atoms with van der Waals surface area (Å²) in [5, 5.41) is 2.97. The standard InChI is InChI=1S/C25H23N5O3/c1-16-23(28-25-26-11-4-12-29(16)25)17-5-3-6-19(13-17)27-24(32)18-14-22(31)30(15-18)20-7-9-21(33-2)10-8-20/h3-13,18H,14-15H2,1-2H3,(H,27,32)/t18-/m0/s1. The molecule has 3 heterocycles. The molecule has 1 saturated heterocycles. The van der Waals surface area contributed by atoms with Gasteiger partial charge in [0, 0.05) is 48.0 Å². The van der Waals surface area contributed by atoms with Crippen LogP contribution in [0.4, 0.5) is 11.4 Å². The maximum Gasteiger partial charge on any atom is 0.234 e. The van der Waals surface area contributed by atoms with Gasteiger partial charge in [-0.1, -0.05) is 12.1 Å². The Hall–Kier alpha value is -4.20. The minimum absolute atomic E-state index is 0.0677. The first kappa shape index (κ1) is 20.7. The maximum absolute atomic E-state index is 13.0. The van der Waals surface area contributed by atoms with Crippen LogP contribution in [0.3, 0.4) is 0 Å². The lowest BCUT2D eigenvalue weighted by molar-refractivity contribution is -0.122.